The van der Waals surface area contributed by atoms with Crippen LogP contribution in [0.4, 0.5) is 10.3 Å². The van der Waals surface area contributed by atoms with E-state index < -0.39 is 0 Å². The number of hydrogen-bond donors (Lipinski definition) is 2. The van der Waals surface area contributed by atoms with E-state index in [9.17, 15) is 9.59 Å². The number of carbonyl (C=O) groups excluding carboxylic acids is 2. The second-order valence-corrected chi connectivity index (χ2v) is 7.83. The Hall–Kier alpha value is -1.94. The van der Waals surface area contributed by atoms with Gasteiger partial charge in [-0.25, -0.2) is 0 Å². The molecule has 0 spiro atoms. The third-order valence-corrected chi connectivity index (χ3v) is 5.82. The molecule has 1 aliphatic rings. The predicted octanol–water partition coefficient (Wildman–Crippen LogP) is 2.75. The van der Waals surface area contributed by atoms with Crippen molar-refractivity contribution in [3.63, 3.8) is 0 Å². The molecule has 128 valence electrons. The maximum absolute atomic E-state index is 11.1. The van der Waals surface area contributed by atoms with Gasteiger partial charge in [0.25, 0.3) is 0 Å². The lowest BCUT2D eigenvalue weighted by molar-refractivity contribution is -0.115. The van der Waals surface area contributed by atoms with Gasteiger partial charge in [0, 0.05) is 25.7 Å². The molecule has 0 bridgehead atoms. The Bertz CT molecular complexity index is 683. The van der Waals surface area contributed by atoms with Crippen molar-refractivity contribution < 1.29 is 9.59 Å². The van der Waals surface area contributed by atoms with Gasteiger partial charge in [0.15, 0.2) is 0 Å². The van der Waals surface area contributed by atoms with Gasteiger partial charge in [-0.1, -0.05) is 29.1 Å². The van der Waals surface area contributed by atoms with Crippen molar-refractivity contribution in [2.24, 2.45) is 0 Å². The minimum atomic E-state index is -0.140. The minimum Gasteiger partial charge on any atom is -0.301 e. The highest BCUT2D eigenvalue weighted by molar-refractivity contribution is 7.15. The van der Waals surface area contributed by atoms with Gasteiger partial charge in [-0.2, -0.15) is 0 Å². The third kappa shape index (κ3) is 4.12. The zero-order valence-electron chi connectivity index (χ0n) is 13.4. The van der Waals surface area contributed by atoms with Gasteiger partial charge in [-0.15, -0.1) is 20.4 Å². The molecule has 2 aromatic heterocycles. The number of nitrogens with one attached hydrogen (secondary N) is 2. The van der Waals surface area contributed by atoms with Crippen molar-refractivity contribution in [2.75, 3.05) is 10.6 Å². The van der Waals surface area contributed by atoms with Crippen molar-refractivity contribution in [1.82, 2.24) is 20.4 Å². The topological polar surface area (TPSA) is 110 Å². The van der Waals surface area contributed by atoms with E-state index in [0.29, 0.717) is 22.1 Å². The van der Waals surface area contributed by atoms with Crippen LogP contribution in [0.1, 0.15) is 61.4 Å². The lowest BCUT2D eigenvalue weighted by Gasteiger charge is -2.25. The Morgan fingerprint density at radius 2 is 1.33 bits per heavy atom. The van der Waals surface area contributed by atoms with Crippen LogP contribution in [0, 0.1) is 0 Å². The maximum Gasteiger partial charge on any atom is 0.223 e. The van der Waals surface area contributed by atoms with Gasteiger partial charge in [-0.3, -0.25) is 9.59 Å². The summed E-state index contributed by atoms with van der Waals surface area (Å²) in [5, 5.41) is 24.9. The van der Waals surface area contributed by atoms with Crippen molar-refractivity contribution in [3.8, 4) is 0 Å². The van der Waals surface area contributed by atoms with Gasteiger partial charge < -0.3 is 10.6 Å². The molecular formula is C14H18N6O2S2. The highest BCUT2D eigenvalue weighted by Crippen LogP contribution is 2.43. The quantitative estimate of drug-likeness (QED) is 0.861. The second kappa shape index (κ2) is 7.31. The first-order valence-corrected chi connectivity index (χ1v) is 9.36. The van der Waals surface area contributed by atoms with E-state index in [2.05, 4.69) is 31.0 Å². The lowest BCUT2D eigenvalue weighted by Crippen LogP contribution is -2.12. The van der Waals surface area contributed by atoms with Crippen LogP contribution >= 0.6 is 22.7 Å². The smallest absolute Gasteiger partial charge is 0.223 e. The molecule has 2 N–H and O–H groups in total. The Kier molecular flexibility index (Phi) is 5.14. The fourth-order valence-electron chi connectivity index (χ4n) is 2.84. The maximum atomic E-state index is 11.1. The minimum absolute atomic E-state index is 0.140. The summed E-state index contributed by atoms with van der Waals surface area (Å²) < 4.78 is 0. The van der Waals surface area contributed by atoms with Gasteiger partial charge in [-0.05, 0) is 19.3 Å². The molecule has 8 nitrogen and oxygen atoms in total. The molecule has 1 saturated carbocycles. The van der Waals surface area contributed by atoms with Crippen LogP contribution in [0.15, 0.2) is 0 Å². The van der Waals surface area contributed by atoms with E-state index in [1.807, 2.05) is 0 Å². The average molecular weight is 366 g/mol. The van der Waals surface area contributed by atoms with E-state index >= 15 is 0 Å². The van der Waals surface area contributed by atoms with E-state index in [0.717, 1.165) is 35.7 Å². The molecule has 0 aliphatic heterocycles. The number of rotatable bonds is 4. The van der Waals surface area contributed by atoms with Crippen molar-refractivity contribution >= 4 is 44.8 Å². The normalized spacial score (nSPS) is 20.6. The Balaban J connectivity index is 1.67. The molecule has 3 rings (SSSR count). The number of nitrogens with zero attached hydrogens (tertiary/aromatic N) is 4. The Morgan fingerprint density at radius 1 is 0.875 bits per heavy atom. The number of hydrogen-bond acceptors (Lipinski definition) is 8. The molecular weight excluding hydrogens is 348 g/mol. The summed E-state index contributed by atoms with van der Waals surface area (Å²) in [7, 11) is 0. The molecule has 24 heavy (non-hydrogen) atoms. The first-order valence-electron chi connectivity index (χ1n) is 7.73. The number of aromatic nitrogens is 4. The molecule has 1 fully saturated rings. The summed E-state index contributed by atoms with van der Waals surface area (Å²) in [6, 6.07) is 0. The summed E-state index contributed by atoms with van der Waals surface area (Å²) in [6.07, 6.45) is 4.13. The van der Waals surface area contributed by atoms with Crippen LogP contribution < -0.4 is 10.6 Å². The lowest BCUT2D eigenvalue weighted by atomic mass is 9.82. The van der Waals surface area contributed by atoms with Crippen LogP contribution in [0.25, 0.3) is 0 Å². The average Bonchev–Trinajstić information content (AvgIpc) is 3.16. The molecule has 2 heterocycles. The molecule has 2 atom stereocenters. The zero-order chi connectivity index (χ0) is 17.1. The molecule has 1 aliphatic carbocycles. The Labute approximate surface area is 147 Å². The molecule has 0 radical (unpaired) electrons. The van der Waals surface area contributed by atoms with Crippen LogP contribution in [0.5, 0.6) is 0 Å². The van der Waals surface area contributed by atoms with E-state index in [1.54, 1.807) is 0 Å². The molecule has 0 saturated heterocycles. The monoisotopic (exact) mass is 366 g/mol. The zero-order valence-corrected chi connectivity index (χ0v) is 15.0. The fourth-order valence-corrected chi connectivity index (χ4v) is 4.71. The number of amides is 2. The SMILES string of the molecule is CC(=O)Nc1nnc([C@H]2CCC[C@H](c3nnc(NC(C)=O)s3)C2)s1. The molecule has 10 heteroatoms. The van der Waals surface area contributed by atoms with E-state index in [4.69, 9.17) is 0 Å². The first kappa shape index (κ1) is 16.9. The van der Waals surface area contributed by atoms with Crippen molar-refractivity contribution in [3.05, 3.63) is 10.0 Å². The first-order chi connectivity index (χ1) is 11.5. The van der Waals surface area contributed by atoms with Gasteiger partial charge in [0.2, 0.25) is 22.1 Å². The molecule has 0 unspecified atom stereocenters. The van der Waals surface area contributed by atoms with Crippen molar-refractivity contribution in [1.29, 1.82) is 0 Å². The Morgan fingerprint density at radius 3 is 1.75 bits per heavy atom. The van der Waals surface area contributed by atoms with E-state index in [1.165, 1.54) is 36.5 Å². The van der Waals surface area contributed by atoms with Crippen molar-refractivity contribution in [2.45, 2.75) is 51.4 Å². The number of carbonyl (C=O) groups is 2. The summed E-state index contributed by atoms with van der Waals surface area (Å²) >= 11 is 2.87. The second-order valence-electron chi connectivity index (χ2n) is 5.81. The standard InChI is InChI=1S/C14H18N6O2S2/c1-7(21)15-13-19-17-11(23-13)9-4-3-5-10(6-9)12-18-20-14(24-12)16-8(2)22/h9-10H,3-6H2,1-2H3,(H,15,19,21)(H,16,20,22)/t9-,10-/m0/s1. The summed E-state index contributed by atoms with van der Waals surface area (Å²) in [5.74, 6) is 0.353. The largest absolute Gasteiger partial charge is 0.301 e. The highest BCUT2D eigenvalue weighted by Gasteiger charge is 2.29. The van der Waals surface area contributed by atoms with E-state index in [-0.39, 0.29) is 11.8 Å². The van der Waals surface area contributed by atoms with Gasteiger partial charge in [0.05, 0.1) is 0 Å². The highest BCUT2D eigenvalue weighted by atomic mass is 32.1. The molecule has 2 amide bonds. The fraction of sp³-hybridized carbons (Fsp3) is 0.571. The van der Waals surface area contributed by atoms with Crippen LogP contribution in [-0.4, -0.2) is 32.2 Å². The predicted molar refractivity (Wildman–Crippen MR) is 92.4 cm³/mol. The van der Waals surface area contributed by atoms with Gasteiger partial charge in [0.1, 0.15) is 10.0 Å². The molecule has 0 aromatic carbocycles. The van der Waals surface area contributed by atoms with Crippen LogP contribution in [0.2, 0.25) is 0 Å². The van der Waals surface area contributed by atoms with Gasteiger partial charge >= 0.3 is 0 Å². The summed E-state index contributed by atoms with van der Waals surface area (Å²) in [4.78, 5) is 22.2. The summed E-state index contributed by atoms with van der Waals surface area (Å²) in [5.41, 5.74) is 0. The van der Waals surface area contributed by atoms with Crippen LogP contribution in [0.3, 0.4) is 0 Å². The van der Waals surface area contributed by atoms with Crippen LogP contribution in [-0.2, 0) is 9.59 Å². The molecule has 2 aromatic rings. The number of anilines is 2. The summed E-state index contributed by atoms with van der Waals surface area (Å²) in [6.45, 7) is 2.92. The third-order valence-electron chi connectivity index (χ3n) is 3.82.